The number of hydrogen-bond acceptors (Lipinski definition) is 6. The van der Waals surface area contributed by atoms with E-state index in [-0.39, 0.29) is 0 Å². The SMILES string of the molecule is C=C1Nc2nc3ccc(NC4CNC4)cc3n2CCCCCCc2c(cnn2C)-c2cc1cc(C)n2. The Labute approximate surface area is 211 Å². The Morgan fingerprint density at radius 2 is 1.92 bits per heavy atom. The van der Waals surface area contributed by atoms with Crippen LogP contribution in [0, 0.1) is 6.92 Å². The van der Waals surface area contributed by atoms with Gasteiger partial charge in [0, 0.05) is 60.6 Å². The van der Waals surface area contributed by atoms with E-state index >= 15 is 0 Å². The van der Waals surface area contributed by atoms with Gasteiger partial charge < -0.3 is 20.5 Å². The van der Waals surface area contributed by atoms with Gasteiger partial charge in [-0.15, -0.1) is 0 Å². The van der Waals surface area contributed by atoms with Crippen LogP contribution in [0.4, 0.5) is 11.6 Å². The van der Waals surface area contributed by atoms with Crippen LogP contribution in [0.5, 0.6) is 0 Å². The number of fused-ring (bicyclic) bond motifs is 7. The molecule has 1 aromatic carbocycles. The minimum Gasteiger partial charge on any atom is -0.380 e. The molecule has 2 aliphatic rings. The van der Waals surface area contributed by atoms with Crippen molar-refractivity contribution in [3.8, 4) is 11.3 Å². The fraction of sp³-hybridized carbons (Fsp3) is 0.393. The maximum atomic E-state index is 4.97. The second-order valence-electron chi connectivity index (χ2n) is 10.1. The van der Waals surface area contributed by atoms with Crippen LogP contribution in [0.2, 0.25) is 0 Å². The molecule has 0 spiro atoms. The molecular formula is C28H34N8. The molecule has 5 heterocycles. The van der Waals surface area contributed by atoms with Gasteiger partial charge in [-0.25, -0.2) is 4.98 Å². The van der Waals surface area contributed by atoms with Crippen molar-refractivity contribution in [3.05, 3.63) is 60.1 Å². The number of imidazole rings is 1. The molecule has 1 fully saturated rings. The summed E-state index contributed by atoms with van der Waals surface area (Å²) in [5.41, 5.74) is 9.38. The highest BCUT2D eigenvalue weighted by molar-refractivity contribution is 5.85. The van der Waals surface area contributed by atoms with Crippen molar-refractivity contribution in [1.29, 1.82) is 0 Å². The highest BCUT2D eigenvalue weighted by Gasteiger charge is 2.19. The van der Waals surface area contributed by atoms with Crippen LogP contribution < -0.4 is 16.0 Å². The Kier molecular flexibility index (Phi) is 5.97. The molecule has 0 unspecified atom stereocenters. The van der Waals surface area contributed by atoms with Gasteiger partial charge in [0.25, 0.3) is 0 Å². The predicted octanol–water partition coefficient (Wildman–Crippen LogP) is 4.72. The number of nitrogens with zero attached hydrogens (tertiary/aromatic N) is 5. The average Bonchev–Trinajstić information content (AvgIpc) is 3.37. The molecule has 3 aromatic heterocycles. The molecule has 2 aliphatic heterocycles. The molecule has 186 valence electrons. The molecule has 36 heavy (non-hydrogen) atoms. The van der Waals surface area contributed by atoms with Gasteiger partial charge in [0.15, 0.2) is 0 Å². The second kappa shape index (κ2) is 9.43. The minimum atomic E-state index is 0.495. The Morgan fingerprint density at radius 3 is 2.75 bits per heavy atom. The molecule has 3 N–H and O–H groups in total. The van der Waals surface area contributed by atoms with Crippen LogP contribution in [0.1, 0.15) is 42.6 Å². The standard InChI is InChI=1S/C28H34N8/c1-18-12-20-13-25(31-18)23-17-30-35(3)26(23)8-6-4-5-7-11-36-27-14-21(33-22-15-29-16-22)9-10-24(27)34-28(36)32-19(20)2/h9-10,12-14,17,22,29,33H,2,4-8,11,15-16H2,1,3H3,(H,32,34). The lowest BCUT2D eigenvalue weighted by molar-refractivity contribution is 0.472. The van der Waals surface area contributed by atoms with Gasteiger partial charge in [0.1, 0.15) is 0 Å². The zero-order chi connectivity index (χ0) is 24.6. The Balaban J connectivity index is 1.39. The highest BCUT2D eigenvalue weighted by atomic mass is 15.3. The van der Waals surface area contributed by atoms with Gasteiger partial charge in [-0.2, -0.15) is 5.10 Å². The summed E-state index contributed by atoms with van der Waals surface area (Å²) in [5.74, 6) is 0.838. The Bertz CT molecular complexity index is 1430. The van der Waals surface area contributed by atoms with E-state index in [1.54, 1.807) is 0 Å². The van der Waals surface area contributed by atoms with E-state index in [0.29, 0.717) is 6.04 Å². The minimum absolute atomic E-state index is 0.495. The summed E-state index contributed by atoms with van der Waals surface area (Å²) in [5, 5.41) is 15.1. The number of nitrogens with one attached hydrogen (secondary N) is 3. The number of benzene rings is 1. The normalized spacial score (nSPS) is 16.9. The molecule has 0 saturated carbocycles. The molecule has 0 aliphatic carbocycles. The molecule has 8 nitrogen and oxygen atoms in total. The molecule has 8 heteroatoms. The summed E-state index contributed by atoms with van der Waals surface area (Å²) in [6.45, 7) is 9.36. The summed E-state index contributed by atoms with van der Waals surface area (Å²) in [6, 6.07) is 11.2. The number of anilines is 2. The van der Waals surface area contributed by atoms with Crippen molar-refractivity contribution in [1.82, 2.24) is 29.6 Å². The third-order valence-corrected chi connectivity index (χ3v) is 7.35. The monoisotopic (exact) mass is 482 g/mol. The summed E-state index contributed by atoms with van der Waals surface area (Å²) in [6.07, 6.45) is 7.53. The average molecular weight is 483 g/mol. The van der Waals surface area contributed by atoms with Gasteiger partial charge in [0.2, 0.25) is 5.95 Å². The van der Waals surface area contributed by atoms with Crippen molar-refractivity contribution in [2.45, 2.75) is 51.6 Å². The lowest BCUT2D eigenvalue weighted by Gasteiger charge is -2.29. The first-order valence-corrected chi connectivity index (χ1v) is 13.0. The summed E-state index contributed by atoms with van der Waals surface area (Å²) in [7, 11) is 2.03. The molecule has 0 amide bonds. The van der Waals surface area contributed by atoms with E-state index in [0.717, 1.165) is 89.8 Å². The van der Waals surface area contributed by atoms with Crippen molar-refractivity contribution < 1.29 is 0 Å². The highest BCUT2D eigenvalue weighted by Crippen LogP contribution is 2.30. The smallest absolute Gasteiger partial charge is 0.208 e. The van der Waals surface area contributed by atoms with Crippen molar-refractivity contribution in [2.24, 2.45) is 7.05 Å². The van der Waals surface area contributed by atoms with E-state index in [1.165, 1.54) is 18.5 Å². The molecule has 4 aromatic rings. The molecule has 1 saturated heterocycles. The van der Waals surface area contributed by atoms with Gasteiger partial charge in [-0.05, 0) is 56.5 Å². The summed E-state index contributed by atoms with van der Waals surface area (Å²) < 4.78 is 4.31. The van der Waals surface area contributed by atoms with E-state index in [4.69, 9.17) is 9.97 Å². The first kappa shape index (κ1) is 22.8. The first-order valence-electron chi connectivity index (χ1n) is 13.0. The first-order chi connectivity index (χ1) is 17.5. The van der Waals surface area contributed by atoms with Crippen molar-refractivity contribution >= 4 is 28.4 Å². The topological polar surface area (TPSA) is 84.6 Å². The molecule has 0 atom stereocenters. The molecular weight excluding hydrogens is 448 g/mol. The summed E-state index contributed by atoms with van der Waals surface area (Å²) >= 11 is 0. The maximum Gasteiger partial charge on any atom is 0.208 e. The van der Waals surface area contributed by atoms with Gasteiger partial charge in [-0.1, -0.05) is 19.4 Å². The van der Waals surface area contributed by atoms with Crippen LogP contribution in [-0.4, -0.2) is 43.4 Å². The number of rotatable bonds is 2. The Morgan fingerprint density at radius 1 is 1.06 bits per heavy atom. The largest absolute Gasteiger partial charge is 0.380 e. The van der Waals surface area contributed by atoms with Crippen LogP contribution >= 0.6 is 0 Å². The van der Waals surface area contributed by atoms with Crippen LogP contribution in [0.15, 0.2) is 43.1 Å². The van der Waals surface area contributed by atoms with Gasteiger partial charge >= 0.3 is 0 Å². The lowest BCUT2D eigenvalue weighted by atomic mass is 10.0. The van der Waals surface area contributed by atoms with E-state index < -0.39 is 0 Å². The van der Waals surface area contributed by atoms with E-state index in [9.17, 15) is 0 Å². The predicted molar refractivity (Wildman–Crippen MR) is 146 cm³/mol. The van der Waals surface area contributed by atoms with Crippen LogP contribution in [0.3, 0.4) is 0 Å². The molecule has 0 radical (unpaired) electrons. The van der Waals surface area contributed by atoms with Gasteiger partial charge in [-0.3, -0.25) is 9.67 Å². The third-order valence-electron chi connectivity index (χ3n) is 7.35. The third kappa shape index (κ3) is 4.37. The molecule has 6 rings (SSSR count). The maximum absolute atomic E-state index is 4.97. The summed E-state index contributed by atoms with van der Waals surface area (Å²) in [4.78, 5) is 9.82. The number of hydrogen-bond donors (Lipinski definition) is 3. The van der Waals surface area contributed by atoms with Crippen molar-refractivity contribution in [2.75, 3.05) is 23.7 Å². The van der Waals surface area contributed by atoms with E-state index in [1.807, 2.05) is 24.9 Å². The van der Waals surface area contributed by atoms with Crippen LogP contribution in [-0.2, 0) is 20.0 Å². The van der Waals surface area contributed by atoms with Crippen molar-refractivity contribution in [3.63, 3.8) is 0 Å². The Hall–Kier alpha value is -3.65. The number of aromatic nitrogens is 5. The fourth-order valence-electron chi connectivity index (χ4n) is 5.24. The van der Waals surface area contributed by atoms with Gasteiger partial charge in [0.05, 0.1) is 29.0 Å². The molecule has 2 bridgehead atoms. The zero-order valence-electron chi connectivity index (χ0n) is 21.1. The second-order valence-corrected chi connectivity index (χ2v) is 10.1. The van der Waals surface area contributed by atoms with Crippen LogP contribution in [0.25, 0.3) is 28.0 Å². The fourth-order valence-corrected chi connectivity index (χ4v) is 5.24. The van der Waals surface area contributed by atoms with E-state index in [2.05, 4.69) is 62.5 Å². The lowest BCUT2D eigenvalue weighted by Crippen LogP contribution is -2.51. The number of aryl methyl sites for hydroxylation is 3. The quantitative estimate of drug-likeness (QED) is 0.383. The number of pyridine rings is 1. The zero-order valence-corrected chi connectivity index (χ0v) is 21.1.